The second-order valence-electron chi connectivity index (χ2n) is 9.47. The fraction of sp³-hybridized carbons (Fsp3) is 0.333. The van der Waals surface area contributed by atoms with E-state index in [2.05, 4.69) is 21.2 Å². The van der Waals surface area contributed by atoms with E-state index >= 15 is 0 Å². The Morgan fingerprint density at radius 1 is 1.02 bits per heavy atom. The van der Waals surface area contributed by atoms with Crippen LogP contribution in [0, 0.1) is 6.92 Å². The molecule has 0 aromatic heterocycles. The number of benzene rings is 3. The second kappa shape index (κ2) is 14.3. The molecule has 1 N–H and O–H groups in total. The number of ether oxygens (including phenoxy) is 1. The molecule has 8 nitrogen and oxygen atoms in total. The summed E-state index contributed by atoms with van der Waals surface area (Å²) in [4.78, 5) is 28.4. The van der Waals surface area contributed by atoms with Crippen molar-refractivity contribution < 1.29 is 22.7 Å². The van der Waals surface area contributed by atoms with Gasteiger partial charge in [0.1, 0.15) is 18.3 Å². The predicted octanol–water partition coefficient (Wildman–Crippen LogP) is 5.30. The summed E-state index contributed by atoms with van der Waals surface area (Å²) in [6.45, 7) is 5.75. The predicted molar refractivity (Wildman–Crippen MR) is 161 cm³/mol. The molecule has 40 heavy (non-hydrogen) atoms. The molecule has 0 bridgehead atoms. The first-order valence-corrected chi connectivity index (χ1v) is 15.4. The smallest absolute Gasteiger partial charge is 0.264 e. The highest BCUT2D eigenvalue weighted by Crippen LogP contribution is 2.31. The molecule has 0 saturated carbocycles. The number of methoxy groups -OCH3 is 1. The molecule has 3 aromatic carbocycles. The Hall–Kier alpha value is -3.37. The van der Waals surface area contributed by atoms with E-state index in [1.165, 1.54) is 24.1 Å². The SMILES string of the molecule is CCCCNC(=O)[C@H](C)N(Cc1ccccc1)C(=O)CN(c1ccc(C)cc1)S(=O)(=O)c1ccc(OC)c(Br)c1. The summed E-state index contributed by atoms with van der Waals surface area (Å²) in [6.07, 6.45) is 1.74. The van der Waals surface area contributed by atoms with Crippen LogP contribution in [0.2, 0.25) is 0 Å². The normalized spacial score (nSPS) is 11.9. The molecule has 3 rings (SSSR count). The van der Waals surface area contributed by atoms with E-state index in [0.29, 0.717) is 22.5 Å². The number of halogens is 1. The quantitative estimate of drug-likeness (QED) is 0.259. The number of nitrogens with one attached hydrogen (secondary N) is 1. The van der Waals surface area contributed by atoms with Gasteiger partial charge < -0.3 is 15.0 Å². The van der Waals surface area contributed by atoms with Gasteiger partial charge >= 0.3 is 0 Å². The number of carbonyl (C=O) groups is 2. The minimum Gasteiger partial charge on any atom is -0.496 e. The Morgan fingerprint density at radius 3 is 2.30 bits per heavy atom. The molecule has 0 radical (unpaired) electrons. The minimum atomic E-state index is -4.18. The average Bonchev–Trinajstić information content (AvgIpc) is 2.95. The molecule has 0 heterocycles. The summed E-state index contributed by atoms with van der Waals surface area (Å²) in [7, 11) is -2.69. The van der Waals surface area contributed by atoms with Crippen molar-refractivity contribution in [1.29, 1.82) is 0 Å². The van der Waals surface area contributed by atoms with Crippen LogP contribution < -0.4 is 14.4 Å². The summed E-state index contributed by atoms with van der Waals surface area (Å²) >= 11 is 3.36. The Bertz CT molecular complexity index is 1400. The van der Waals surface area contributed by atoms with Gasteiger partial charge in [0.15, 0.2) is 0 Å². The summed E-state index contributed by atoms with van der Waals surface area (Å²) < 4.78 is 34.8. The van der Waals surface area contributed by atoms with E-state index in [-0.39, 0.29) is 17.3 Å². The van der Waals surface area contributed by atoms with Gasteiger partial charge in [-0.15, -0.1) is 0 Å². The molecule has 0 aliphatic heterocycles. The molecule has 2 amide bonds. The van der Waals surface area contributed by atoms with E-state index in [4.69, 9.17) is 4.74 Å². The van der Waals surface area contributed by atoms with Gasteiger partial charge in [-0.25, -0.2) is 8.42 Å². The zero-order chi connectivity index (χ0) is 29.3. The van der Waals surface area contributed by atoms with Gasteiger partial charge in [-0.1, -0.05) is 61.4 Å². The summed E-state index contributed by atoms with van der Waals surface area (Å²) in [6, 6.07) is 19.9. The van der Waals surface area contributed by atoms with Crippen LogP contribution in [0.5, 0.6) is 5.75 Å². The molecule has 0 fully saturated rings. The minimum absolute atomic E-state index is 0.00600. The van der Waals surface area contributed by atoms with Gasteiger partial charge in [-0.2, -0.15) is 0 Å². The van der Waals surface area contributed by atoms with Gasteiger partial charge in [0, 0.05) is 13.1 Å². The van der Waals surface area contributed by atoms with E-state index < -0.39 is 28.5 Å². The van der Waals surface area contributed by atoms with E-state index in [1.54, 1.807) is 37.3 Å². The number of carbonyl (C=O) groups excluding carboxylic acids is 2. The Kier molecular flexibility index (Phi) is 11.2. The number of hydrogen-bond donors (Lipinski definition) is 1. The number of amides is 2. The van der Waals surface area contributed by atoms with E-state index in [1.807, 2.05) is 44.2 Å². The maximum absolute atomic E-state index is 14.0. The Labute approximate surface area is 245 Å². The molecule has 0 saturated heterocycles. The van der Waals surface area contributed by atoms with Crippen molar-refractivity contribution in [2.24, 2.45) is 0 Å². The van der Waals surface area contributed by atoms with Crippen molar-refractivity contribution in [2.75, 3.05) is 24.5 Å². The van der Waals surface area contributed by atoms with Crippen molar-refractivity contribution in [3.05, 3.63) is 88.4 Å². The third-order valence-electron chi connectivity index (χ3n) is 6.50. The molecule has 0 aliphatic carbocycles. The molecule has 0 aliphatic rings. The van der Waals surface area contributed by atoms with Crippen LogP contribution in [0.15, 0.2) is 82.2 Å². The molecule has 0 spiro atoms. The van der Waals surface area contributed by atoms with Crippen LogP contribution in [0.25, 0.3) is 0 Å². The highest BCUT2D eigenvalue weighted by molar-refractivity contribution is 9.10. The van der Waals surface area contributed by atoms with Crippen molar-refractivity contribution in [1.82, 2.24) is 10.2 Å². The van der Waals surface area contributed by atoms with Crippen molar-refractivity contribution in [3.8, 4) is 5.75 Å². The van der Waals surface area contributed by atoms with Crippen LogP contribution in [-0.2, 0) is 26.2 Å². The summed E-state index contributed by atoms with van der Waals surface area (Å²) in [5.41, 5.74) is 2.11. The zero-order valence-electron chi connectivity index (χ0n) is 23.3. The first-order valence-electron chi connectivity index (χ1n) is 13.1. The number of aryl methyl sites for hydroxylation is 1. The van der Waals surface area contributed by atoms with Crippen LogP contribution in [0.3, 0.4) is 0 Å². The average molecular weight is 631 g/mol. The van der Waals surface area contributed by atoms with Crippen LogP contribution in [0.4, 0.5) is 5.69 Å². The van der Waals surface area contributed by atoms with Gasteiger partial charge in [0.25, 0.3) is 10.0 Å². The first kappa shape index (κ1) is 31.2. The topological polar surface area (TPSA) is 96.0 Å². The largest absolute Gasteiger partial charge is 0.496 e. The van der Waals surface area contributed by atoms with Gasteiger partial charge in [-0.3, -0.25) is 13.9 Å². The third kappa shape index (κ3) is 7.85. The number of anilines is 1. The zero-order valence-corrected chi connectivity index (χ0v) is 25.7. The lowest BCUT2D eigenvalue weighted by Gasteiger charge is -2.32. The Morgan fingerprint density at radius 2 is 1.70 bits per heavy atom. The monoisotopic (exact) mass is 629 g/mol. The van der Waals surface area contributed by atoms with Crippen molar-refractivity contribution in [3.63, 3.8) is 0 Å². The number of sulfonamides is 1. The van der Waals surface area contributed by atoms with E-state index in [0.717, 1.165) is 28.3 Å². The van der Waals surface area contributed by atoms with Crippen molar-refractivity contribution >= 4 is 43.5 Å². The fourth-order valence-electron chi connectivity index (χ4n) is 4.07. The second-order valence-corrected chi connectivity index (χ2v) is 12.2. The van der Waals surface area contributed by atoms with Crippen molar-refractivity contribution in [2.45, 2.75) is 51.1 Å². The number of unbranched alkanes of at least 4 members (excludes halogenated alkanes) is 1. The van der Waals surface area contributed by atoms with Crippen LogP contribution >= 0.6 is 15.9 Å². The number of nitrogens with zero attached hydrogens (tertiary/aromatic N) is 2. The molecule has 214 valence electrons. The molecule has 10 heteroatoms. The third-order valence-corrected chi connectivity index (χ3v) is 8.89. The first-order chi connectivity index (χ1) is 19.1. The van der Waals surface area contributed by atoms with Gasteiger partial charge in [0.05, 0.1) is 22.2 Å². The molecular weight excluding hydrogens is 594 g/mol. The standard InChI is InChI=1S/C30H36BrN3O5S/c1-5-6-18-32-30(36)23(3)33(20-24-10-8-7-9-11-24)29(35)21-34(25-14-12-22(2)13-15-25)40(37,38)26-16-17-28(39-4)27(31)19-26/h7-17,19,23H,5-6,18,20-21H2,1-4H3,(H,32,36)/t23-/m0/s1. The maximum Gasteiger partial charge on any atom is 0.264 e. The maximum atomic E-state index is 14.0. The van der Waals surface area contributed by atoms with Gasteiger partial charge in [0.2, 0.25) is 11.8 Å². The van der Waals surface area contributed by atoms with Crippen LogP contribution in [0.1, 0.15) is 37.8 Å². The molecule has 1 atom stereocenters. The lowest BCUT2D eigenvalue weighted by Crippen LogP contribution is -2.51. The summed E-state index contributed by atoms with van der Waals surface area (Å²) in [5.74, 6) is -0.311. The highest BCUT2D eigenvalue weighted by atomic mass is 79.9. The highest BCUT2D eigenvalue weighted by Gasteiger charge is 2.32. The van der Waals surface area contributed by atoms with Crippen LogP contribution in [-0.4, -0.2) is 51.4 Å². The number of rotatable bonds is 13. The lowest BCUT2D eigenvalue weighted by atomic mass is 10.1. The fourth-order valence-corrected chi connectivity index (χ4v) is 6.21. The summed E-state index contributed by atoms with van der Waals surface area (Å²) in [5, 5.41) is 2.89. The molecule has 3 aromatic rings. The Balaban J connectivity index is 2.01. The molecule has 0 unspecified atom stereocenters. The lowest BCUT2D eigenvalue weighted by molar-refractivity contribution is -0.139. The molecular formula is C30H36BrN3O5S. The van der Waals surface area contributed by atoms with E-state index in [9.17, 15) is 18.0 Å². The number of hydrogen-bond acceptors (Lipinski definition) is 5. The van der Waals surface area contributed by atoms with Gasteiger partial charge in [-0.05, 0) is 72.1 Å².